The maximum atomic E-state index is 12.3. The number of anilines is 6. The van der Waals surface area contributed by atoms with Crippen LogP contribution in [0.4, 0.5) is 34.6 Å². The molecule has 0 aliphatic rings. The molecule has 0 aliphatic heterocycles. The molecule has 4 rings (SSSR count). The molecular weight excluding hydrogens is 611 g/mol. The van der Waals surface area contributed by atoms with E-state index in [-0.39, 0.29) is 45.6 Å². The normalized spacial score (nSPS) is 11.5. The Morgan fingerprint density at radius 3 is 2.10 bits per heavy atom. The van der Waals surface area contributed by atoms with Crippen LogP contribution in [0, 0.1) is 0 Å². The molecule has 0 bridgehead atoms. The van der Waals surface area contributed by atoms with E-state index in [0.29, 0.717) is 5.56 Å². The lowest BCUT2D eigenvalue weighted by Gasteiger charge is -2.14. The van der Waals surface area contributed by atoms with Crippen LogP contribution in [0.3, 0.4) is 0 Å². The Bertz CT molecular complexity index is 1950. The summed E-state index contributed by atoms with van der Waals surface area (Å²) in [4.78, 5) is 22.5. The minimum Gasteiger partial charge on any atom is -0.389 e. The van der Waals surface area contributed by atoms with Crippen LogP contribution in [-0.2, 0) is 25.0 Å². The van der Waals surface area contributed by atoms with E-state index >= 15 is 0 Å². The van der Waals surface area contributed by atoms with Gasteiger partial charge in [0.2, 0.25) is 5.91 Å². The van der Waals surface area contributed by atoms with Crippen LogP contribution in [-0.4, -0.2) is 51.8 Å². The van der Waals surface area contributed by atoms with Crippen LogP contribution >= 0.6 is 12.2 Å². The Morgan fingerprint density at radius 2 is 1.50 bits per heavy atom. The molecule has 0 saturated heterocycles. The fraction of sp³-hybridized carbons (Fsp3) is 0.0435. The van der Waals surface area contributed by atoms with E-state index in [9.17, 15) is 30.7 Å². The van der Waals surface area contributed by atoms with Gasteiger partial charge in [0.1, 0.15) is 14.8 Å². The number of benzene rings is 2. The van der Waals surface area contributed by atoms with Crippen molar-refractivity contribution in [1.82, 2.24) is 15.0 Å². The molecule has 0 atom stereocenters. The van der Waals surface area contributed by atoms with Crippen LogP contribution in [0.1, 0.15) is 12.5 Å². The van der Waals surface area contributed by atoms with Gasteiger partial charge in [-0.1, -0.05) is 12.2 Å². The van der Waals surface area contributed by atoms with Crippen molar-refractivity contribution in [1.29, 1.82) is 0 Å². The lowest BCUT2D eigenvalue weighted by molar-refractivity contribution is -0.603. The summed E-state index contributed by atoms with van der Waals surface area (Å²) >= 11 is 4.99. The van der Waals surface area contributed by atoms with Gasteiger partial charge in [0.25, 0.3) is 20.2 Å². The number of pyridine rings is 1. The first-order chi connectivity index (χ1) is 19.6. The Hall–Kier alpha value is -4.82. The van der Waals surface area contributed by atoms with E-state index in [4.69, 9.17) is 23.7 Å². The Kier molecular flexibility index (Phi) is 8.31. The smallest absolute Gasteiger partial charge is 0.389 e. The molecule has 42 heavy (non-hydrogen) atoms. The van der Waals surface area contributed by atoms with Gasteiger partial charge in [-0.05, 0) is 58.5 Å². The van der Waals surface area contributed by atoms with Gasteiger partial charge in [-0.25, -0.2) is 4.57 Å². The SMILES string of the molecule is CC(=O)Nc1ccc(Nc2ccc(Nc3nc(N)nc(-[n+]4cccc(C(N)=S)c4)n3)c(S(=O)(=O)O)c2)c(S(=O)(=O)O)c1. The third-order valence-electron chi connectivity index (χ3n) is 5.32. The summed E-state index contributed by atoms with van der Waals surface area (Å²) < 4.78 is 69.6. The van der Waals surface area contributed by atoms with Crippen molar-refractivity contribution in [2.75, 3.05) is 21.7 Å². The third kappa shape index (κ3) is 7.27. The van der Waals surface area contributed by atoms with Crippen molar-refractivity contribution in [2.24, 2.45) is 5.73 Å². The fourth-order valence-electron chi connectivity index (χ4n) is 3.61. The number of amides is 1. The monoisotopic (exact) mass is 632 g/mol. The lowest BCUT2D eigenvalue weighted by Crippen LogP contribution is -2.34. The maximum Gasteiger partial charge on any atom is 0.444 e. The van der Waals surface area contributed by atoms with E-state index in [1.165, 1.54) is 35.8 Å². The van der Waals surface area contributed by atoms with Crippen molar-refractivity contribution in [3.63, 3.8) is 0 Å². The summed E-state index contributed by atoms with van der Waals surface area (Å²) in [7, 11) is -9.65. The van der Waals surface area contributed by atoms with E-state index in [1.54, 1.807) is 24.5 Å². The zero-order valence-corrected chi connectivity index (χ0v) is 23.8. The molecule has 9 N–H and O–H groups in total. The second-order valence-corrected chi connectivity index (χ2v) is 11.7. The minimum atomic E-state index is -4.87. The zero-order valence-electron chi connectivity index (χ0n) is 21.4. The highest BCUT2D eigenvalue weighted by molar-refractivity contribution is 7.86. The zero-order chi connectivity index (χ0) is 30.8. The molecule has 0 aliphatic carbocycles. The number of nitrogen functional groups attached to an aromatic ring is 1. The molecule has 0 saturated carbocycles. The third-order valence-corrected chi connectivity index (χ3v) is 7.34. The van der Waals surface area contributed by atoms with Gasteiger partial charge < -0.3 is 27.4 Å². The fourth-order valence-corrected chi connectivity index (χ4v) is 5.08. The Labute approximate surface area is 244 Å². The van der Waals surface area contributed by atoms with Crippen LogP contribution in [0.2, 0.25) is 0 Å². The highest BCUT2D eigenvalue weighted by Crippen LogP contribution is 2.32. The standard InChI is InChI=1S/C23H21N9O7S3/c1-12(33)26-14-4-6-16(18(9-14)41(34,35)36)27-15-5-7-17(19(10-15)42(37,38)39)28-22-29-21(25)30-23(31-22)32-8-2-3-13(11-32)20(24)40/h2-11,27H,1H3,(H7-,24,25,26,28,29,30,31,33,34,35,36,37,38,39,40)/p+1. The molecule has 16 nitrogen and oxygen atoms in total. The molecule has 218 valence electrons. The van der Waals surface area contributed by atoms with Crippen LogP contribution < -0.4 is 32.0 Å². The first kappa shape index (κ1) is 30.1. The van der Waals surface area contributed by atoms with Gasteiger partial charge in [0.15, 0.2) is 0 Å². The Balaban J connectivity index is 1.71. The first-order valence-electron chi connectivity index (χ1n) is 11.5. The van der Waals surface area contributed by atoms with Crippen molar-refractivity contribution < 1.29 is 35.3 Å². The van der Waals surface area contributed by atoms with Crippen molar-refractivity contribution in [3.8, 4) is 5.95 Å². The number of hydrogen-bond acceptors (Lipinski definition) is 12. The number of hydrogen-bond donors (Lipinski definition) is 7. The summed E-state index contributed by atoms with van der Waals surface area (Å²) in [5.41, 5.74) is 11.8. The molecule has 2 heterocycles. The predicted molar refractivity (Wildman–Crippen MR) is 155 cm³/mol. The number of rotatable bonds is 9. The number of carbonyl (C=O) groups is 1. The van der Waals surface area contributed by atoms with Gasteiger partial charge >= 0.3 is 17.8 Å². The molecule has 2 aromatic carbocycles. The first-order valence-corrected chi connectivity index (χ1v) is 14.8. The van der Waals surface area contributed by atoms with Crippen LogP contribution in [0.25, 0.3) is 5.95 Å². The number of thiocarbonyl (C=S) groups is 1. The molecule has 0 spiro atoms. The van der Waals surface area contributed by atoms with Gasteiger partial charge in [-0.15, -0.1) is 4.98 Å². The highest BCUT2D eigenvalue weighted by Gasteiger charge is 2.23. The van der Waals surface area contributed by atoms with Crippen LogP contribution in [0.5, 0.6) is 0 Å². The number of nitrogens with zero attached hydrogens (tertiary/aromatic N) is 4. The quantitative estimate of drug-likeness (QED) is 0.0779. The summed E-state index contributed by atoms with van der Waals surface area (Å²) in [5, 5.41) is 7.74. The molecule has 0 radical (unpaired) electrons. The summed E-state index contributed by atoms with van der Waals surface area (Å²) in [5.74, 6) is -0.839. The Morgan fingerprint density at radius 1 is 0.905 bits per heavy atom. The predicted octanol–water partition coefficient (Wildman–Crippen LogP) is 1.30. The van der Waals surface area contributed by atoms with Crippen molar-refractivity contribution in [2.45, 2.75) is 16.7 Å². The van der Waals surface area contributed by atoms with Gasteiger partial charge in [-0.2, -0.15) is 16.8 Å². The molecule has 0 unspecified atom stereocenters. The molecule has 2 aromatic heterocycles. The number of nitrogens with two attached hydrogens (primary N) is 2. The van der Waals surface area contributed by atoms with Crippen molar-refractivity contribution >= 4 is 78.0 Å². The highest BCUT2D eigenvalue weighted by atomic mass is 32.2. The van der Waals surface area contributed by atoms with Crippen LogP contribution in [0.15, 0.2) is 70.7 Å². The van der Waals surface area contributed by atoms with Gasteiger partial charge in [-0.3, -0.25) is 13.9 Å². The van der Waals surface area contributed by atoms with E-state index < -0.39 is 35.9 Å². The largest absolute Gasteiger partial charge is 0.444 e. The maximum absolute atomic E-state index is 12.3. The average Bonchev–Trinajstić information content (AvgIpc) is 2.88. The van der Waals surface area contributed by atoms with Gasteiger partial charge in [0.05, 0.1) is 23.8 Å². The summed E-state index contributed by atoms with van der Waals surface area (Å²) in [6.45, 7) is 1.21. The second-order valence-electron chi connectivity index (χ2n) is 8.48. The molecule has 19 heteroatoms. The molecular formula is C23H22N9O7S3+. The molecule has 0 fully saturated rings. The number of nitrogens with one attached hydrogen (secondary N) is 3. The minimum absolute atomic E-state index is 0.00586. The summed E-state index contributed by atoms with van der Waals surface area (Å²) in [6, 6.07) is 10.5. The second kappa shape index (κ2) is 11.6. The van der Waals surface area contributed by atoms with E-state index in [0.717, 1.165) is 12.1 Å². The van der Waals surface area contributed by atoms with E-state index in [1.807, 2.05) is 0 Å². The van der Waals surface area contributed by atoms with Crippen molar-refractivity contribution in [3.05, 3.63) is 66.5 Å². The molecule has 1 amide bonds. The molecule has 4 aromatic rings. The number of aromatic nitrogens is 4. The summed E-state index contributed by atoms with van der Waals surface area (Å²) in [6.07, 6.45) is 3.14. The lowest BCUT2D eigenvalue weighted by atomic mass is 10.2. The number of carbonyl (C=O) groups excluding carboxylic acids is 1. The average molecular weight is 633 g/mol. The van der Waals surface area contributed by atoms with E-state index in [2.05, 4.69) is 30.9 Å². The van der Waals surface area contributed by atoms with Gasteiger partial charge in [0, 0.05) is 23.9 Å². The topological polar surface area (TPSA) is 256 Å².